The van der Waals surface area contributed by atoms with Gasteiger partial charge < -0.3 is 4.74 Å². The van der Waals surface area contributed by atoms with Gasteiger partial charge in [0, 0.05) is 11.1 Å². The zero-order valence-corrected chi connectivity index (χ0v) is 10.8. The van der Waals surface area contributed by atoms with Gasteiger partial charge in [0.25, 0.3) is 0 Å². The normalized spacial score (nSPS) is 10.8. The third kappa shape index (κ3) is 2.60. The maximum absolute atomic E-state index is 11.5. The van der Waals surface area contributed by atoms with Crippen molar-refractivity contribution in [1.29, 1.82) is 0 Å². The molecule has 18 heavy (non-hydrogen) atoms. The van der Waals surface area contributed by atoms with Crippen LogP contribution in [0.1, 0.15) is 26.6 Å². The molecule has 2 aromatic rings. The summed E-state index contributed by atoms with van der Waals surface area (Å²) in [5.41, 5.74) is 3.60. The van der Waals surface area contributed by atoms with Crippen LogP contribution in [0.5, 0.6) is 0 Å². The fourth-order valence-corrected chi connectivity index (χ4v) is 2.06. The fraction of sp³-hybridized carbons (Fsp3) is 0.167. The molecule has 0 radical (unpaired) electrons. The number of nitrogens with zero attached hydrogens (tertiary/aromatic N) is 3. The Morgan fingerprint density at radius 2 is 2.22 bits per heavy atom. The highest BCUT2D eigenvalue weighted by Crippen LogP contribution is 2.16. The molecule has 0 saturated heterocycles. The molecule has 0 spiro atoms. The molecule has 0 aliphatic rings. The first-order chi connectivity index (χ1) is 8.72. The molecule has 0 bridgehead atoms. The summed E-state index contributed by atoms with van der Waals surface area (Å²) < 4.78 is 4.68. The first-order valence-electron chi connectivity index (χ1n) is 5.19. The fourth-order valence-electron chi connectivity index (χ4n) is 1.36. The molecule has 6 heteroatoms. The van der Waals surface area contributed by atoms with Crippen molar-refractivity contribution < 1.29 is 9.53 Å². The van der Waals surface area contributed by atoms with Gasteiger partial charge in [0.1, 0.15) is 11.9 Å². The van der Waals surface area contributed by atoms with E-state index in [1.807, 2.05) is 13.0 Å². The molecular formula is C12H11N3O2S. The Hall–Kier alpha value is -2.08. The molecule has 0 amide bonds. The van der Waals surface area contributed by atoms with E-state index in [0.717, 1.165) is 10.6 Å². The van der Waals surface area contributed by atoms with Gasteiger partial charge in [0.15, 0.2) is 0 Å². The topological polar surface area (TPSA) is 65.0 Å². The van der Waals surface area contributed by atoms with Crippen LogP contribution in [-0.4, -0.2) is 28.0 Å². The van der Waals surface area contributed by atoms with Gasteiger partial charge in [-0.1, -0.05) is 0 Å². The lowest BCUT2D eigenvalue weighted by molar-refractivity contribution is 0.0599. The monoisotopic (exact) mass is 261 g/mol. The van der Waals surface area contributed by atoms with Crippen LogP contribution in [0, 0.1) is 6.92 Å². The van der Waals surface area contributed by atoms with Gasteiger partial charge in [-0.25, -0.2) is 19.7 Å². The molecule has 5 nitrogen and oxygen atoms in total. The van der Waals surface area contributed by atoms with Crippen LogP contribution >= 0.6 is 11.3 Å². The summed E-state index contributed by atoms with van der Waals surface area (Å²) in [5.74, 6) is -0.448. The smallest absolute Gasteiger partial charge is 0.341 e. The van der Waals surface area contributed by atoms with E-state index >= 15 is 0 Å². The molecule has 2 aromatic heterocycles. The van der Waals surface area contributed by atoms with Gasteiger partial charge in [0.05, 0.1) is 24.0 Å². The van der Waals surface area contributed by atoms with Crippen LogP contribution in [0.15, 0.2) is 18.0 Å². The Bertz CT molecular complexity index is 593. The lowest BCUT2D eigenvalue weighted by Gasteiger charge is -2.01. The van der Waals surface area contributed by atoms with Crippen LogP contribution in [0.2, 0.25) is 0 Å². The zero-order valence-electron chi connectivity index (χ0n) is 9.95. The summed E-state index contributed by atoms with van der Waals surface area (Å²) in [6, 6.07) is 0. The van der Waals surface area contributed by atoms with E-state index < -0.39 is 5.97 Å². The molecule has 0 aliphatic carbocycles. The third-order valence-corrected chi connectivity index (χ3v) is 3.22. The second kappa shape index (κ2) is 5.50. The van der Waals surface area contributed by atoms with Crippen molar-refractivity contribution in [2.45, 2.75) is 6.92 Å². The highest BCUT2D eigenvalue weighted by Gasteiger charge is 2.10. The maximum Gasteiger partial charge on any atom is 0.341 e. The number of thiazole rings is 1. The molecule has 2 rings (SSSR count). The van der Waals surface area contributed by atoms with Crippen molar-refractivity contribution in [3.63, 3.8) is 0 Å². The van der Waals surface area contributed by atoms with Crippen molar-refractivity contribution in [2.24, 2.45) is 0 Å². The number of hydrogen-bond donors (Lipinski definition) is 0. The standard InChI is InChI=1S/C12H11N3O2S/c1-8-11(18-7-15-8)4-3-10-9(12(16)17-2)5-13-6-14-10/h3-7H,1-2H3/b4-3+. The summed E-state index contributed by atoms with van der Waals surface area (Å²) in [4.78, 5) is 24.6. The highest BCUT2D eigenvalue weighted by molar-refractivity contribution is 7.10. The van der Waals surface area contributed by atoms with E-state index in [-0.39, 0.29) is 0 Å². The molecule has 0 fully saturated rings. The SMILES string of the molecule is COC(=O)c1cncnc1/C=C/c1scnc1C. The summed E-state index contributed by atoms with van der Waals surface area (Å²) in [6.45, 7) is 1.93. The molecule has 0 aromatic carbocycles. The van der Waals surface area contributed by atoms with Gasteiger partial charge >= 0.3 is 5.97 Å². The molecule has 0 aliphatic heterocycles. The number of rotatable bonds is 3. The lowest BCUT2D eigenvalue weighted by Crippen LogP contribution is -2.05. The molecule has 92 valence electrons. The maximum atomic E-state index is 11.5. The predicted octanol–water partition coefficient (Wildman–Crippen LogP) is 2.20. The van der Waals surface area contributed by atoms with Crippen molar-refractivity contribution in [1.82, 2.24) is 15.0 Å². The Morgan fingerprint density at radius 1 is 1.39 bits per heavy atom. The van der Waals surface area contributed by atoms with E-state index in [1.165, 1.54) is 31.0 Å². The quantitative estimate of drug-likeness (QED) is 0.792. The Balaban J connectivity index is 2.32. The lowest BCUT2D eigenvalue weighted by atomic mass is 10.2. The summed E-state index contributed by atoms with van der Waals surface area (Å²) >= 11 is 1.53. The number of carbonyl (C=O) groups excluding carboxylic acids is 1. The Morgan fingerprint density at radius 3 is 2.89 bits per heavy atom. The van der Waals surface area contributed by atoms with Crippen molar-refractivity contribution in [2.75, 3.05) is 7.11 Å². The molecular weight excluding hydrogens is 250 g/mol. The van der Waals surface area contributed by atoms with E-state index in [1.54, 1.807) is 11.6 Å². The van der Waals surface area contributed by atoms with Crippen molar-refractivity contribution in [3.05, 3.63) is 39.9 Å². The van der Waals surface area contributed by atoms with Gasteiger partial charge in [-0.15, -0.1) is 11.3 Å². The Kier molecular flexibility index (Phi) is 3.78. The van der Waals surface area contributed by atoms with Gasteiger partial charge in [-0.05, 0) is 19.1 Å². The van der Waals surface area contributed by atoms with Crippen LogP contribution in [0.25, 0.3) is 12.2 Å². The number of ether oxygens (including phenoxy) is 1. The molecule has 2 heterocycles. The van der Waals surface area contributed by atoms with E-state index in [9.17, 15) is 4.79 Å². The average molecular weight is 261 g/mol. The van der Waals surface area contributed by atoms with Gasteiger partial charge in [0.2, 0.25) is 0 Å². The van der Waals surface area contributed by atoms with Crippen molar-refractivity contribution >= 4 is 29.5 Å². The Labute approximate surface area is 108 Å². The number of methoxy groups -OCH3 is 1. The number of aromatic nitrogens is 3. The van der Waals surface area contributed by atoms with Gasteiger partial charge in [-0.3, -0.25) is 0 Å². The second-order valence-corrected chi connectivity index (χ2v) is 4.33. The molecule has 0 saturated carbocycles. The first-order valence-corrected chi connectivity index (χ1v) is 6.07. The summed E-state index contributed by atoms with van der Waals surface area (Å²) in [6.07, 6.45) is 6.47. The zero-order chi connectivity index (χ0) is 13.0. The van der Waals surface area contributed by atoms with Gasteiger partial charge in [-0.2, -0.15) is 0 Å². The van der Waals surface area contributed by atoms with E-state index in [4.69, 9.17) is 0 Å². The largest absolute Gasteiger partial charge is 0.465 e. The predicted molar refractivity (Wildman–Crippen MR) is 69.2 cm³/mol. The minimum atomic E-state index is -0.448. The molecule has 0 atom stereocenters. The number of hydrogen-bond acceptors (Lipinski definition) is 6. The number of carbonyl (C=O) groups is 1. The summed E-state index contributed by atoms with van der Waals surface area (Å²) in [7, 11) is 1.33. The van der Waals surface area contributed by atoms with Crippen LogP contribution in [-0.2, 0) is 4.74 Å². The van der Waals surface area contributed by atoms with E-state index in [0.29, 0.717) is 11.3 Å². The van der Waals surface area contributed by atoms with E-state index in [2.05, 4.69) is 19.7 Å². The minimum absolute atomic E-state index is 0.346. The summed E-state index contributed by atoms with van der Waals surface area (Å²) in [5, 5.41) is 0. The molecule has 0 unspecified atom stereocenters. The third-order valence-electron chi connectivity index (χ3n) is 2.32. The highest BCUT2D eigenvalue weighted by atomic mass is 32.1. The average Bonchev–Trinajstić information content (AvgIpc) is 2.81. The number of aryl methyl sites for hydroxylation is 1. The van der Waals surface area contributed by atoms with Crippen LogP contribution in [0.4, 0.5) is 0 Å². The minimum Gasteiger partial charge on any atom is -0.465 e. The van der Waals surface area contributed by atoms with Crippen LogP contribution in [0.3, 0.4) is 0 Å². The first kappa shape index (κ1) is 12.4. The number of esters is 1. The van der Waals surface area contributed by atoms with Crippen LogP contribution < -0.4 is 0 Å². The van der Waals surface area contributed by atoms with Crippen molar-refractivity contribution in [3.8, 4) is 0 Å². The molecule has 0 N–H and O–H groups in total. The second-order valence-electron chi connectivity index (χ2n) is 3.45.